The van der Waals surface area contributed by atoms with Crippen molar-refractivity contribution in [1.82, 2.24) is 10.3 Å². The summed E-state index contributed by atoms with van der Waals surface area (Å²) >= 11 is 1.48. The first-order valence-corrected chi connectivity index (χ1v) is 8.08. The Morgan fingerprint density at radius 1 is 1.35 bits per heavy atom. The number of rotatable bonds is 5. The highest BCUT2D eigenvalue weighted by Gasteiger charge is 2.11. The Balaban J connectivity index is 1.72. The van der Waals surface area contributed by atoms with Gasteiger partial charge in [0.15, 0.2) is 11.6 Å². The van der Waals surface area contributed by atoms with Gasteiger partial charge in [-0.25, -0.2) is 9.37 Å². The number of carbonyl (C=O) groups is 1. The molecule has 1 amide bonds. The third-order valence-corrected chi connectivity index (χ3v) is 4.17. The molecule has 6 heteroatoms. The number of benzene rings is 2. The Morgan fingerprint density at radius 3 is 3.04 bits per heavy atom. The number of nitrogens with zero attached hydrogens (tertiary/aromatic N) is 1. The molecular formula is C17H15FN2O2S. The molecule has 1 heterocycles. The van der Waals surface area contributed by atoms with E-state index in [2.05, 4.69) is 10.3 Å². The maximum absolute atomic E-state index is 14.2. The molecule has 0 spiro atoms. The summed E-state index contributed by atoms with van der Waals surface area (Å²) in [5.74, 6) is -0.487. The number of halogens is 1. The average molecular weight is 330 g/mol. The first-order valence-electron chi connectivity index (χ1n) is 7.20. The van der Waals surface area contributed by atoms with E-state index in [1.54, 1.807) is 48.8 Å². The molecule has 0 aliphatic carbocycles. The summed E-state index contributed by atoms with van der Waals surface area (Å²) in [6.07, 6.45) is 0. The number of ether oxygens (including phenoxy) is 1. The Labute approximate surface area is 136 Å². The second kappa shape index (κ2) is 6.75. The van der Waals surface area contributed by atoms with Crippen molar-refractivity contribution < 1.29 is 13.9 Å². The van der Waals surface area contributed by atoms with Crippen molar-refractivity contribution in [2.45, 2.75) is 13.5 Å². The highest BCUT2D eigenvalue weighted by Crippen LogP contribution is 2.21. The molecule has 0 saturated carbocycles. The Bertz CT molecular complexity index is 847. The van der Waals surface area contributed by atoms with Crippen molar-refractivity contribution in [2.24, 2.45) is 0 Å². The van der Waals surface area contributed by atoms with Crippen LogP contribution in [0.1, 0.15) is 22.8 Å². The number of hydrogen-bond acceptors (Lipinski definition) is 4. The van der Waals surface area contributed by atoms with Crippen LogP contribution < -0.4 is 10.1 Å². The molecule has 3 aromatic rings. The van der Waals surface area contributed by atoms with Crippen LogP contribution in [0, 0.1) is 5.82 Å². The highest BCUT2D eigenvalue weighted by molar-refractivity contribution is 7.16. The van der Waals surface area contributed by atoms with Crippen LogP contribution in [0.4, 0.5) is 4.39 Å². The van der Waals surface area contributed by atoms with Crippen LogP contribution in [0.25, 0.3) is 10.2 Å². The molecule has 4 nitrogen and oxygen atoms in total. The molecular weight excluding hydrogens is 315 g/mol. The van der Waals surface area contributed by atoms with Crippen LogP contribution in [0.3, 0.4) is 0 Å². The number of thiazole rings is 1. The van der Waals surface area contributed by atoms with Gasteiger partial charge in [0, 0.05) is 17.7 Å². The predicted octanol–water partition coefficient (Wildman–Crippen LogP) is 3.76. The van der Waals surface area contributed by atoms with Gasteiger partial charge >= 0.3 is 0 Å². The molecule has 0 unspecified atom stereocenters. The third-order valence-electron chi connectivity index (χ3n) is 3.38. The zero-order valence-electron chi connectivity index (χ0n) is 12.5. The van der Waals surface area contributed by atoms with Crippen molar-refractivity contribution in [1.29, 1.82) is 0 Å². The molecule has 118 valence electrons. The number of aromatic nitrogens is 1. The third kappa shape index (κ3) is 3.32. The highest BCUT2D eigenvalue weighted by atomic mass is 32.1. The van der Waals surface area contributed by atoms with E-state index in [0.717, 1.165) is 10.2 Å². The van der Waals surface area contributed by atoms with Gasteiger partial charge in [-0.3, -0.25) is 4.79 Å². The Hall–Kier alpha value is -2.47. The normalized spacial score (nSPS) is 10.7. The number of amides is 1. The first kappa shape index (κ1) is 15.4. The molecule has 0 atom stereocenters. The summed E-state index contributed by atoms with van der Waals surface area (Å²) in [6.45, 7) is 2.29. The van der Waals surface area contributed by atoms with Crippen LogP contribution in [0.5, 0.6) is 5.75 Å². The average Bonchev–Trinajstić information content (AvgIpc) is 3.03. The van der Waals surface area contributed by atoms with Gasteiger partial charge < -0.3 is 10.1 Å². The molecule has 23 heavy (non-hydrogen) atoms. The first-order chi connectivity index (χ1) is 11.2. The zero-order chi connectivity index (χ0) is 16.2. The monoisotopic (exact) mass is 330 g/mol. The summed E-state index contributed by atoms with van der Waals surface area (Å²) in [6, 6.07) is 10.2. The molecule has 2 aromatic carbocycles. The van der Waals surface area contributed by atoms with Crippen molar-refractivity contribution in [2.75, 3.05) is 6.61 Å². The summed E-state index contributed by atoms with van der Waals surface area (Å²) in [7, 11) is 0. The molecule has 0 fully saturated rings. The van der Waals surface area contributed by atoms with E-state index in [4.69, 9.17) is 4.74 Å². The van der Waals surface area contributed by atoms with Crippen molar-refractivity contribution >= 4 is 27.5 Å². The topological polar surface area (TPSA) is 51.2 Å². The lowest BCUT2D eigenvalue weighted by atomic mass is 10.1. The van der Waals surface area contributed by atoms with E-state index < -0.39 is 5.82 Å². The minimum atomic E-state index is -0.437. The van der Waals surface area contributed by atoms with Crippen molar-refractivity contribution in [3.05, 3.63) is 58.9 Å². The van der Waals surface area contributed by atoms with E-state index in [1.165, 1.54) is 11.3 Å². The lowest BCUT2D eigenvalue weighted by Gasteiger charge is -2.10. The van der Waals surface area contributed by atoms with Crippen molar-refractivity contribution in [3.8, 4) is 5.75 Å². The molecule has 0 aliphatic rings. The SMILES string of the molecule is CCOc1cccc(CNC(=O)c2ccc3ncsc3c2)c1F. The number of carbonyl (C=O) groups excluding carboxylic acids is 1. The lowest BCUT2D eigenvalue weighted by molar-refractivity contribution is 0.0950. The summed E-state index contributed by atoms with van der Waals surface area (Å²) < 4.78 is 20.4. The number of fused-ring (bicyclic) bond motifs is 1. The minimum Gasteiger partial charge on any atom is -0.491 e. The van der Waals surface area contributed by atoms with Crippen LogP contribution in [0.15, 0.2) is 41.9 Å². The van der Waals surface area contributed by atoms with Gasteiger partial charge in [-0.1, -0.05) is 12.1 Å². The van der Waals surface area contributed by atoms with E-state index in [9.17, 15) is 9.18 Å². The fourth-order valence-corrected chi connectivity index (χ4v) is 2.95. The van der Waals surface area contributed by atoms with Gasteiger partial charge in [-0.15, -0.1) is 11.3 Å². The van der Waals surface area contributed by atoms with Gasteiger partial charge in [0.2, 0.25) is 0 Å². The molecule has 1 N–H and O–H groups in total. The summed E-state index contributed by atoms with van der Waals surface area (Å²) in [5, 5.41) is 2.73. The number of hydrogen-bond donors (Lipinski definition) is 1. The second-order valence-electron chi connectivity index (χ2n) is 4.88. The zero-order valence-corrected chi connectivity index (χ0v) is 13.3. The Kier molecular flexibility index (Phi) is 4.52. The van der Waals surface area contributed by atoms with E-state index in [-0.39, 0.29) is 18.2 Å². The van der Waals surface area contributed by atoms with E-state index >= 15 is 0 Å². The van der Waals surface area contributed by atoms with Crippen LogP contribution in [-0.2, 0) is 6.54 Å². The molecule has 0 bridgehead atoms. The Morgan fingerprint density at radius 2 is 2.22 bits per heavy atom. The lowest BCUT2D eigenvalue weighted by Crippen LogP contribution is -2.23. The molecule has 0 aliphatic heterocycles. The molecule has 0 radical (unpaired) electrons. The maximum Gasteiger partial charge on any atom is 0.251 e. The smallest absolute Gasteiger partial charge is 0.251 e. The van der Waals surface area contributed by atoms with E-state index in [0.29, 0.717) is 17.7 Å². The molecule has 0 saturated heterocycles. The van der Waals surface area contributed by atoms with Gasteiger partial charge in [0.1, 0.15) is 0 Å². The predicted molar refractivity (Wildman–Crippen MR) is 88.4 cm³/mol. The summed E-state index contributed by atoms with van der Waals surface area (Å²) in [4.78, 5) is 16.4. The van der Waals surface area contributed by atoms with Gasteiger partial charge in [-0.2, -0.15) is 0 Å². The standard InChI is InChI=1S/C17H15FN2O2S/c1-2-22-14-5-3-4-12(16(14)18)9-19-17(21)11-6-7-13-15(8-11)23-10-20-13/h3-8,10H,2,9H2,1H3,(H,19,21). The quantitative estimate of drug-likeness (QED) is 0.775. The van der Waals surface area contributed by atoms with E-state index in [1.807, 2.05) is 0 Å². The minimum absolute atomic E-state index is 0.103. The van der Waals surface area contributed by atoms with Gasteiger partial charge in [0.05, 0.1) is 22.3 Å². The molecule has 3 rings (SSSR count). The number of nitrogens with one attached hydrogen (secondary N) is 1. The van der Waals surface area contributed by atoms with Crippen molar-refractivity contribution in [3.63, 3.8) is 0 Å². The maximum atomic E-state index is 14.2. The second-order valence-corrected chi connectivity index (χ2v) is 5.77. The summed E-state index contributed by atoms with van der Waals surface area (Å²) in [5.41, 5.74) is 3.52. The fraction of sp³-hybridized carbons (Fsp3) is 0.176. The van der Waals surface area contributed by atoms with Crippen LogP contribution in [-0.4, -0.2) is 17.5 Å². The fourth-order valence-electron chi connectivity index (χ4n) is 2.23. The van der Waals surface area contributed by atoms with Gasteiger partial charge in [-0.05, 0) is 31.2 Å². The van der Waals surface area contributed by atoms with Crippen LogP contribution in [0.2, 0.25) is 0 Å². The van der Waals surface area contributed by atoms with Gasteiger partial charge in [0.25, 0.3) is 5.91 Å². The molecule has 1 aromatic heterocycles. The largest absolute Gasteiger partial charge is 0.491 e. The van der Waals surface area contributed by atoms with Crippen LogP contribution >= 0.6 is 11.3 Å².